The van der Waals surface area contributed by atoms with Crippen LogP contribution in [-0.2, 0) is 4.79 Å². The minimum absolute atomic E-state index is 0.0212. The van der Waals surface area contributed by atoms with Crippen molar-refractivity contribution in [2.45, 2.75) is 45.6 Å². The van der Waals surface area contributed by atoms with Gasteiger partial charge in [-0.15, -0.1) is 0 Å². The summed E-state index contributed by atoms with van der Waals surface area (Å²) in [6.45, 7) is 7.90. The zero-order valence-corrected chi connectivity index (χ0v) is 13.3. The van der Waals surface area contributed by atoms with Crippen LogP contribution in [-0.4, -0.2) is 55.0 Å². The van der Waals surface area contributed by atoms with E-state index in [4.69, 9.17) is 5.73 Å². The molecule has 0 aliphatic carbocycles. The Hall–Kier alpha value is -0.610. The normalized spacial score (nSPS) is 29.4. The second-order valence-corrected chi connectivity index (χ2v) is 7.09. The molecule has 4 heteroatoms. The molecular formula is C16H31N3O. The number of rotatable bonds is 4. The van der Waals surface area contributed by atoms with Crippen LogP contribution in [0.15, 0.2) is 0 Å². The third-order valence-corrected chi connectivity index (χ3v) is 5.05. The lowest BCUT2D eigenvalue weighted by molar-refractivity contribution is -0.139. The average Bonchev–Trinajstić information content (AvgIpc) is 2.43. The van der Waals surface area contributed by atoms with Gasteiger partial charge in [0.1, 0.15) is 0 Å². The van der Waals surface area contributed by atoms with Gasteiger partial charge in [0.2, 0.25) is 5.91 Å². The zero-order chi connectivity index (χ0) is 14.7. The van der Waals surface area contributed by atoms with E-state index in [1.165, 1.54) is 19.4 Å². The maximum atomic E-state index is 12.7. The first-order valence-electron chi connectivity index (χ1n) is 8.22. The number of hydrogen-bond donors (Lipinski definition) is 1. The van der Waals surface area contributed by atoms with E-state index in [-0.39, 0.29) is 5.92 Å². The third kappa shape index (κ3) is 3.53. The quantitative estimate of drug-likeness (QED) is 0.850. The minimum atomic E-state index is 0.0212. The Bertz CT molecular complexity index is 332. The van der Waals surface area contributed by atoms with Crippen LogP contribution in [0.5, 0.6) is 0 Å². The standard InChI is InChI=1S/C16H31N3O/c1-12(2)9-14(10-17)16(20)19-8-6-15-13(11-19)5-4-7-18(15)3/h12-15H,4-11,17H2,1-3H3. The molecule has 0 bridgehead atoms. The molecule has 116 valence electrons. The van der Waals surface area contributed by atoms with E-state index in [0.29, 0.717) is 30.3 Å². The molecule has 2 aliphatic heterocycles. The van der Waals surface area contributed by atoms with Crippen molar-refractivity contribution in [2.75, 3.05) is 33.2 Å². The molecule has 0 aromatic carbocycles. The number of carbonyl (C=O) groups excluding carboxylic acids is 1. The van der Waals surface area contributed by atoms with Crippen molar-refractivity contribution in [2.24, 2.45) is 23.5 Å². The van der Waals surface area contributed by atoms with E-state index in [2.05, 4.69) is 30.7 Å². The van der Waals surface area contributed by atoms with Crippen LogP contribution in [0, 0.1) is 17.8 Å². The topological polar surface area (TPSA) is 49.6 Å². The predicted octanol–water partition coefficient (Wildman–Crippen LogP) is 1.55. The Morgan fingerprint density at radius 3 is 2.70 bits per heavy atom. The van der Waals surface area contributed by atoms with Gasteiger partial charge in [0.25, 0.3) is 0 Å². The molecule has 0 spiro atoms. The van der Waals surface area contributed by atoms with Crippen molar-refractivity contribution in [1.29, 1.82) is 0 Å². The molecule has 0 aromatic rings. The summed E-state index contributed by atoms with van der Waals surface area (Å²) in [6.07, 6.45) is 4.59. The number of nitrogens with two attached hydrogens (primary N) is 1. The van der Waals surface area contributed by atoms with Crippen LogP contribution < -0.4 is 5.73 Å². The van der Waals surface area contributed by atoms with Gasteiger partial charge in [0.15, 0.2) is 0 Å². The van der Waals surface area contributed by atoms with Gasteiger partial charge in [-0.05, 0) is 51.1 Å². The largest absolute Gasteiger partial charge is 0.342 e. The van der Waals surface area contributed by atoms with Gasteiger partial charge in [-0.1, -0.05) is 13.8 Å². The van der Waals surface area contributed by atoms with Gasteiger partial charge in [-0.3, -0.25) is 4.79 Å². The van der Waals surface area contributed by atoms with Gasteiger partial charge >= 0.3 is 0 Å². The maximum absolute atomic E-state index is 12.7. The smallest absolute Gasteiger partial charge is 0.226 e. The molecule has 0 aromatic heterocycles. The molecule has 1 amide bonds. The summed E-state index contributed by atoms with van der Waals surface area (Å²) in [5.74, 6) is 1.52. The molecule has 0 saturated carbocycles. The van der Waals surface area contributed by atoms with Crippen LogP contribution >= 0.6 is 0 Å². The molecule has 4 nitrogen and oxygen atoms in total. The Balaban J connectivity index is 1.95. The molecule has 2 saturated heterocycles. The number of fused-ring (bicyclic) bond motifs is 1. The van der Waals surface area contributed by atoms with Crippen molar-refractivity contribution in [1.82, 2.24) is 9.80 Å². The highest BCUT2D eigenvalue weighted by Crippen LogP contribution is 2.30. The highest BCUT2D eigenvalue weighted by Gasteiger charge is 2.37. The van der Waals surface area contributed by atoms with Gasteiger partial charge in [-0.2, -0.15) is 0 Å². The first-order valence-corrected chi connectivity index (χ1v) is 8.22. The lowest BCUT2D eigenvalue weighted by atomic mass is 9.83. The first-order chi connectivity index (χ1) is 9.52. The molecule has 20 heavy (non-hydrogen) atoms. The summed E-state index contributed by atoms with van der Waals surface area (Å²) in [6, 6.07) is 0.689. The Morgan fingerprint density at radius 1 is 1.30 bits per heavy atom. The number of amides is 1. The van der Waals surface area contributed by atoms with E-state index in [1.807, 2.05) is 0 Å². The van der Waals surface area contributed by atoms with E-state index in [1.54, 1.807) is 0 Å². The number of nitrogens with zero attached hydrogens (tertiary/aromatic N) is 2. The van der Waals surface area contributed by atoms with Gasteiger partial charge in [0, 0.05) is 25.7 Å². The SMILES string of the molecule is CC(C)CC(CN)C(=O)N1CCC2C(CCCN2C)C1. The summed E-state index contributed by atoms with van der Waals surface area (Å²) < 4.78 is 0. The molecule has 2 N–H and O–H groups in total. The van der Waals surface area contributed by atoms with Gasteiger partial charge in [0.05, 0.1) is 5.92 Å². The van der Waals surface area contributed by atoms with E-state index >= 15 is 0 Å². The molecule has 2 aliphatic rings. The fraction of sp³-hybridized carbons (Fsp3) is 0.938. The predicted molar refractivity (Wildman–Crippen MR) is 82.3 cm³/mol. The molecule has 2 rings (SSSR count). The lowest BCUT2D eigenvalue weighted by Gasteiger charge is -2.46. The van der Waals surface area contributed by atoms with Crippen molar-refractivity contribution >= 4 is 5.91 Å². The highest BCUT2D eigenvalue weighted by molar-refractivity contribution is 5.79. The Morgan fingerprint density at radius 2 is 2.05 bits per heavy atom. The van der Waals surface area contributed by atoms with E-state index < -0.39 is 0 Å². The second kappa shape index (κ2) is 6.90. The molecule has 3 atom stereocenters. The highest BCUT2D eigenvalue weighted by atomic mass is 16.2. The number of piperidine rings is 2. The van der Waals surface area contributed by atoms with Crippen LogP contribution in [0.25, 0.3) is 0 Å². The molecule has 2 fully saturated rings. The summed E-state index contributed by atoms with van der Waals surface area (Å²) in [4.78, 5) is 17.2. The van der Waals surface area contributed by atoms with Crippen LogP contribution in [0.1, 0.15) is 39.5 Å². The molecule has 0 radical (unpaired) electrons. The van der Waals surface area contributed by atoms with Crippen molar-refractivity contribution in [3.63, 3.8) is 0 Å². The molecule has 3 unspecified atom stereocenters. The Labute approximate surface area is 123 Å². The molecular weight excluding hydrogens is 250 g/mol. The summed E-state index contributed by atoms with van der Waals surface area (Å²) in [5.41, 5.74) is 5.83. The third-order valence-electron chi connectivity index (χ3n) is 5.05. The first kappa shape index (κ1) is 15.8. The fourth-order valence-corrected chi connectivity index (χ4v) is 3.98. The summed E-state index contributed by atoms with van der Waals surface area (Å²) >= 11 is 0. The fourth-order valence-electron chi connectivity index (χ4n) is 3.98. The van der Waals surface area contributed by atoms with Crippen LogP contribution in [0.2, 0.25) is 0 Å². The average molecular weight is 281 g/mol. The van der Waals surface area contributed by atoms with E-state index in [0.717, 1.165) is 25.9 Å². The van der Waals surface area contributed by atoms with E-state index in [9.17, 15) is 4.79 Å². The number of carbonyl (C=O) groups is 1. The van der Waals surface area contributed by atoms with Gasteiger partial charge in [-0.25, -0.2) is 0 Å². The minimum Gasteiger partial charge on any atom is -0.342 e. The second-order valence-electron chi connectivity index (χ2n) is 7.09. The Kier molecular flexibility index (Phi) is 5.44. The lowest BCUT2D eigenvalue weighted by Crippen LogP contribution is -2.55. The monoisotopic (exact) mass is 281 g/mol. The van der Waals surface area contributed by atoms with Gasteiger partial charge < -0.3 is 15.5 Å². The number of hydrogen-bond acceptors (Lipinski definition) is 3. The molecule has 2 heterocycles. The van der Waals surface area contributed by atoms with Crippen LogP contribution in [0.3, 0.4) is 0 Å². The van der Waals surface area contributed by atoms with Crippen LogP contribution in [0.4, 0.5) is 0 Å². The summed E-state index contributed by atoms with van der Waals surface area (Å²) in [5, 5.41) is 0. The van der Waals surface area contributed by atoms with Crippen molar-refractivity contribution in [3.8, 4) is 0 Å². The number of likely N-dealkylation sites (tertiary alicyclic amines) is 2. The van der Waals surface area contributed by atoms with Crippen molar-refractivity contribution in [3.05, 3.63) is 0 Å². The van der Waals surface area contributed by atoms with Crippen molar-refractivity contribution < 1.29 is 4.79 Å². The zero-order valence-electron chi connectivity index (χ0n) is 13.3. The summed E-state index contributed by atoms with van der Waals surface area (Å²) in [7, 11) is 2.23. The maximum Gasteiger partial charge on any atom is 0.226 e.